The van der Waals surface area contributed by atoms with E-state index < -0.39 is 0 Å². The molecule has 0 fully saturated rings. The Kier molecular flexibility index (Phi) is 23.3. The van der Waals surface area contributed by atoms with E-state index in [0.29, 0.717) is 46.0 Å². The summed E-state index contributed by atoms with van der Waals surface area (Å²) in [7, 11) is 0. The molecule has 0 unspecified atom stereocenters. The molecule has 0 aromatic rings. The highest BCUT2D eigenvalue weighted by atomic mass is 16.5. The molecule has 0 radical (unpaired) electrons. The Morgan fingerprint density at radius 2 is 1.29 bits per heavy atom. The second-order valence-corrected chi connectivity index (χ2v) is 4.25. The van der Waals surface area contributed by atoms with Crippen LogP contribution in [0.4, 0.5) is 0 Å². The Labute approximate surface area is 130 Å². The third kappa shape index (κ3) is 21.8. The van der Waals surface area contributed by atoms with Crippen molar-refractivity contribution in [1.82, 2.24) is 5.32 Å². The molecule has 0 saturated heterocycles. The summed E-state index contributed by atoms with van der Waals surface area (Å²) in [5, 5.41) is 2.80. The Morgan fingerprint density at radius 3 is 1.76 bits per heavy atom. The quantitative estimate of drug-likeness (QED) is 0.501. The minimum absolute atomic E-state index is 0.0893. The predicted octanol–water partition coefficient (Wildman–Crippen LogP) is 2.78. The molecule has 0 aliphatic rings. The van der Waals surface area contributed by atoms with E-state index in [4.69, 9.17) is 14.2 Å². The molecule has 5 nitrogen and oxygen atoms in total. The Bertz CT molecular complexity index is 201. The molecule has 0 aliphatic heterocycles. The lowest BCUT2D eigenvalue weighted by Gasteiger charge is -2.07. The van der Waals surface area contributed by atoms with Gasteiger partial charge in [0.05, 0.1) is 26.4 Å². The van der Waals surface area contributed by atoms with E-state index in [1.807, 2.05) is 20.8 Å². The molecular formula is C16H35NO4. The molecule has 0 bridgehead atoms. The summed E-state index contributed by atoms with van der Waals surface area (Å²) in [6.45, 7) is 12.6. The Hall–Kier alpha value is -0.650. The molecule has 0 heterocycles. The molecule has 0 atom stereocenters. The molecule has 21 heavy (non-hydrogen) atoms. The highest BCUT2D eigenvalue weighted by molar-refractivity contribution is 5.75. The van der Waals surface area contributed by atoms with Gasteiger partial charge in [-0.2, -0.15) is 0 Å². The molecule has 0 rings (SSSR count). The first-order valence-electron chi connectivity index (χ1n) is 8.31. The van der Waals surface area contributed by atoms with Gasteiger partial charge in [0.25, 0.3) is 0 Å². The van der Waals surface area contributed by atoms with E-state index in [-0.39, 0.29) is 5.91 Å². The molecule has 1 amide bonds. The van der Waals surface area contributed by atoms with E-state index >= 15 is 0 Å². The van der Waals surface area contributed by atoms with E-state index in [2.05, 4.69) is 12.2 Å². The summed E-state index contributed by atoms with van der Waals surface area (Å²) in [6.07, 6.45) is 3.64. The number of hydrogen-bond acceptors (Lipinski definition) is 4. The van der Waals surface area contributed by atoms with Gasteiger partial charge in [-0.15, -0.1) is 0 Å². The number of hydrogen-bond donors (Lipinski definition) is 1. The zero-order valence-electron chi connectivity index (χ0n) is 14.4. The van der Waals surface area contributed by atoms with Gasteiger partial charge in [-0.1, -0.05) is 34.1 Å². The van der Waals surface area contributed by atoms with Crippen LogP contribution in [-0.2, 0) is 19.0 Å². The van der Waals surface area contributed by atoms with Crippen molar-refractivity contribution in [3.05, 3.63) is 0 Å². The van der Waals surface area contributed by atoms with E-state index in [1.165, 1.54) is 0 Å². The van der Waals surface area contributed by atoms with Crippen LogP contribution in [-0.4, -0.2) is 52.1 Å². The van der Waals surface area contributed by atoms with Gasteiger partial charge in [0, 0.05) is 26.2 Å². The molecule has 5 heteroatoms. The monoisotopic (exact) mass is 305 g/mol. The standard InChI is InChI=1S/C14H29NO4.C2H6/c1-3-5-8-17-10-12-19-13-11-18-9-6-7-15-14(16)4-2;1-2/h3-13H2,1-2H3,(H,15,16);1-2H3. The number of carbonyl (C=O) groups excluding carboxylic acids is 1. The maximum atomic E-state index is 10.9. The third-order valence-corrected chi connectivity index (χ3v) is 2.49. The molecule has 0 aromatic heterocycles. The number of carbonyl (C=O) groups is 1. The van der Waals surface area contributed by atoms with Crippen LogP contribution in [0.3, 0.4) is 0 Å². The number of ether oxygens (including phenoxy) is 3. The smallest absolute Gasteiger partial charge is 0.219 e. The average molecular weight is 305 g/mol. The molecule has 0 saturated carbocycles. The predicted molar refractivity (Wildman–Crippen MR) is 86.6 cm³/mol. The van der Waals surface area contributed by atoms with Gasteiger partial charge in [-0.25, -0.2) is 0 Å². The van der Waals surface area contributed by atoms with Crippen LogP contribution in [0.5, 0.6) is 0 Å². The fourth-order valence-electron chi connectivity index (χ4n) is 1.32. The van der Waals surface area contributed by atoms with Gasteiger partial charge in [-0.05, 0) is 12.8 Å². The lowest BCUT2D eigenvalue weighted by molar-refractivity contribution is -0.120. The van der Waals surface area contributed by atoms with Crippen molar-refractivity contribution in [2.45, 2.75) is 53.4 Å². The second-order valence-electron chi connectivity index (χ2n) is 4.25. The maximum Gasteiger partial charge on any atom is 0.219 e. The van der Waals surface area contributed by atoms with Crippen LogP contribution in [0.2, 0.25) is 0 Å². The van der Waals surface area contributed by atoms with Gasteiger partial charge in [-0.3, -0.25) is 4.79 Å². The van der Waals surface area contributed by atoms with E-state index in [9.17, 15) is 4.79 Å². The van der Waals surface area contributed by atoms with Gasteiger partial charge in [0.15, 0.2) is 0 Å². The summed E-state index contributed by atoms with van der Waals surface area (Å²) < 4.78 is 16.1. The summed E-state index contributed by atoms with van der Waals surface area (Å²) in [4.78, 5) is 10.9. The highest BCUT2D eigenvalue weighted by Gasteiger charge is 1.95. The number of nitrogens with one attached hydrogen (secondary N) is 1. The molecule has 128 valence electrons. The summed E-state index contributed by atoms with van der Waals surface area (Å²) in [5.41, 5.74) is 0. The van der Waals surface area contributed by atoms with Crippen LogP contribution >= 0.6 is 0 Å². The number of rotatable bonds is 14. The van der Waals surface area contributed by atoms with Crippen LogP contribution in [0, 0.1) is 0 Å². The van der Waals surface area contributed by atoms with Crippen molar-refractivity contribution < 1.29 is 19.0 Å². The summed E-state index contributed by atoms with van der Waals surface area (Å²) in [6, 6.07) is 0. The van der Waals surface area contributed by atoms with Crippen molar-refractivity contribution >= 4 is 5.91 Å². The maximum absolute atomic E-state index is 10.9. The third-order valence-electron chi connectivity index (χ3n) is 2.49. The minimum Gasteiger partial charge on any atom is -0.379 e. The summed E-state index contributed by atoms with van der Waals surface area (Å²) in [5.74, 6) is 0.0893. The average Bonchev–Trinajstić information content (AvgIpc) is 2.53. The van der Waals surface area contributed by atoms with Crippen molar-refractivity contribution in [2.24, 2.45) is 0 Å². The topological polar surface area (TPSA) is 56.8 Å². The summed E-state index contributed by atoms with van der Waals surface area (Å²) >= 11 is 0. The lowest BCUT2D eigenvalue weighted by Crippen LogP contribution is -2.24. The van der Waals surface area contributed by atoms with Gasteiger partial charge < -0.3 is 19.5 Å². The van der Waals surface area contributed by atoms with E-state index in [0.717, 1.165) is 25.9 Å². The van der Waals surface area contributed by atoms with E-state index in [1.54, 1.807) is 0 Å². The van der Waals surface area contributed by atoms with Crippen LogP contribution < -0.4 is 5.32 Å². The lowest BCUT2D eigenvalue weighted by atomic mass is 10.4. The second kappa shape index (κ2) is 21.6. The first kappa shape index (κ1) is 22.6. The largest absolute Gasteiger partial charge is 0.379 e. The Balaban J connectivity index is 0. The van der Waals surface area contributed by atoms with Gasteiger partial charge in [0.1, 0.15) is 0 Å². The highest BCUT2D eigenvalue weighted by Crippen LogP contribution is 1.88. The van der Waals surface area contributed by atoms with Gasteiger partial charge in [0.2, 0.25) is 5.91 Å². The SMILES string of the molecule is CC.CCCCOCCOCCOCCCNC(=O)CC. The zero-order valence-corrected chi connectivity index (χ0v) is 14.4. The normalized spacial score (nSPS) is 9.90. The van der Waals surface area contributed by atoms with Crippen molar-refractivity contribution in [3.8, 4) is 0 Å². The van der Waals surface area contributed by atoms with Crippen molar-refractivity contribution in [1.29, 1.82) is 0 Å². The first-order chi connectivity index (χ1) is 10.3. The van der Waals surface area contributed by atoms with Crippen LogP contribution in [0.25, 0.3) is 0 Å². The first-order valence-corrected chi connectivity index (χ1v) is 8.31. The number of unbranched alkanes of at least 4 members (excludes halogenated alkanes) is 1. The molecule has 1 N–H and O–H groups in total. The fraction of sp³-hybridized carbons (Fsp3) is 0.938. The van der Waals surface area contributed by atoms with Crippen LogP contribution in [0.1, 0.15) is 53.4 Å². The molecule has 0 aliphatic carbocycles. The molecule has 0 spiro atoms. The van der Waals surface area contributed by atoms with Crippen LogP contribution in [0.15, 0.2) is 0 Å². The fourth-order valence-corrected chi connectivity index (χ4v) is 1.32. The minimum atomic E-state index is 0.0893. The van der Waals surface area contributed by atoms with Crippen molar-refractivity contribution in [3.63, 3.8) is 0 Å². The molecular weight excluding hydrogens is 270 g/mol. The van der Waals surface area contributed by atoms with Crippen molar-refractivity contribution in [2.75, 3.05) is 46.2 Å². The molecule has 0 aromatic carbocycles. The number of amides is 1. The zero-order chi connectivity index (χ0) is 16.2. The van der Waals surface area contributed by atoms with Gasteiger partial charge >= 0.3 is 0 Å². The Morgan fingerprint density at radius 1 is 0.810 bits per heavy atom.